The maximum absolute atomic E-state index is 11.2. The molecule has 1 atom stereocenters. The molecule has 0 aliphatic carbocycles. The quantitative estimate of drug-likeness (QED) is 0.894. The Labute approximate surface area is 109 Å². The summed E-state index contributed by atoms with van der Waals surface area (Å²) in [7, 11) is 0. The minimum atomic E-state index is -0.421. The third-order valence-corrected chi connectivity index (χ3v) is 3.04. The van der Waals surface area contributed by atoms with Gasteiger partial charge in [0, 0.05) is 10.2 Å². The van der Waals surface area contributed by atoms with Crippen LogP contribution in [-0.4, -0.2) is 11.9 Å². The number of nitrogens with two attached hydrogens (primary N) is 1. The number of carbonyl (C=O) groups is 1. The Balaban J connectivity index is 2.92. The molecule has 0 radical (unpaired) electrons. The summed E-state index contributed by atoms with van der Waals surface area (Å²) in [4.78, 5) is 11.2. The number of anilines is 1. The zero-order valence-corrected chi connectivity index (χ0v) is 11.3. The van der Waals surface area contributed by atoms with Crippen LogP contribution < -0.4 is 11.1 Å². The maximum Gasteiger partial charge on any atom is 0.240 e. The van der Waals surface area contributed by atoms with E-state index in [-0.39, 0.29) is 11.8 Å². The number of halogens is 1. The highest BCUT2D eigenvalue weighted by Gasteiger charge is 2.19. The predicted octanol–water partition coefficient (Wildman–Crippen LogP) is 2.24. The lowest BCUT2D eigenvalue weighted by Crippen LogP contribution is -2.39. The summed E-state index contributed by atoms with van der Waals surface area (Å²) in [6, 6.07) is 6.83. The summed E-state index contributed by atoms with van der Waals surface area (Å²) in [5, 5.41) is 11.8. The average molecular weight is 296 g/mol. The van der Waals surface area contributed by atoms with Crippen molar-refractivity contribution in [1.29, 1.82) is 5.26 Å². The number of nitrogens with one attached hydrogen (secondary N) is 1. The molecule has 0 spiro atoms. The van der Waals surface area contributed by atoms with Crippen molar-refractivity contribution >= 4 is 27.5 Å². The van der Waals surface area contributed by atoms with Crippen LogP contribution in [-0.2, 0) is 4.79 Å². The number of nitrogens with zero attached hydrogens (tertiary/aromatic N) is 1. The number of benzene rings is 1. The third kappa shape index (κ3) is 3.46. The SMILES string of the molecule is CC(C)C(Nc1ccc(C#N)c(Br)c1)C(N)=O. The van der Waals surface area contributed by atoms with Gasteiger partial charge >= 0.3 is 0 Å². The molecule has 0 saturated heterocycles. The Hall–Kier alpha value is -1.54. The molecule has 1 aromatic carbocycles. The van der Waals surface area contributed by atoms with Gasteiger partial charge in [0.1, 0.15) is 12.1 Å². The molecule has 0 aromatic heterocycles. The van der Waals surface area contributed by atoms with Gasteiger partial charge < -0.3 is 11.1 Å². The first kappa shape index (κ1) is 13.5. The van der Waals surface area contributed by atoms with Crippen molar-refractivity contribution in [2.24, 2.45) is 11.7 Å². The number of hydrogen-bond donors (Lipinski definition) is 2. The molecule has 17 heavy (non-hydrogen) atoms. The van der Waals surface area contributed by atoms with Crippen molar-refractivity contribution in [3.63, 3.8) is 0 Å². The largest absolute Gasteiger partial charge is 0.373 e. The van der Waals surface area contributed by atoms with E-state index in [2.05, 4.69) is 27.3 Å². The molecule has 0 heterocycles. The first-order valence-electron chi connectivity index (χ1n) is 5.21. The van der Waals surface area contributed by atoms with Gasteiger partial charge in [0.25, 0.3) is 0 Å². The van der Waals surface area contributed by atoms with Gasteiger partial charge in [-0.15, -0.1) is 0 Å². The highest BCUT2D eigenvalue weighted by Crippen LogP contribution is 2.22. The van der Waals surface area contributed by atoms with Crippen LogP contribution in [0.1, 0.15) is 19.4 Å². The van der Waals surface area contributed by atoms with E-state index < -0.39 is 6.04 Å². The van der Waals surface area contributed by atoms with Crippen molar-refractivity contribution in [2.75, 3.05) is 5.32 Å². The zero-order chi connectivity index (χ0) is 13.0. The summed E-state index contributed by atoms with van der Waals surface area (Å²) in [6.45, 7) is 3.84. The van der Waals surface area contributed by atoms with E-state index in [1.54, 1.807) is 18.2 Å². The average Bonchev–Trinajstić information content (AvgIpc) is 2.25. The van der Waals surface area contributed by atoms with E-state index in [4.69, 9.17) is 11.0 Å². The van der Waals surface area contributed by atoms with Gasteiger partial charge in [0.2, 0.25) is 5.91 Å². The lowest BCUT2D eigenvalue weighted by Gasteiger charge is -2.20. The Morgan fingerprint density at radius 2 is 2.18 bits per heavy atom. The van der Waals surface area contributed by atoms with Gasteiger partial charge in [0.05, 0.1) is 5.56 Å². The van der Waals surface area contributed by atoms with Crippen molar-refractivity contribution in [2.45, 2.75) is 19.9 Å². The smallest absolute Gasteiger partial charge is 0.240 e. The summed E-state index contributed by atoms with van der Waals surface area (Å²) < 4.78 is 0.692. The minimum absolute atomic E-state index is 0.0990. The first-order valence-corrected chi connectivity index (χ1v) is 6.00. The Morgan fingerprint density at radius 1 is 1.53 bits per heavy atom. The summed E-state index contributed by atoms with van der Waals surface area (Å²) in [5.41, 5.74) is 6.62. The molecule has 1 aromatic rings. The second-order valence-corrected chi connectivity index (χ2v) is 4.93. The first-order chi connectivity index (χ1) is 7.95. The van der Waals surface area contributed by atoms with Crippen LogP contribution in [0.5, 0.6) is 0 Å². The fraction of sp³-hybridized carbons (Fsp3) is 0.333. The number of primary amides is 1. The van der Waals surface area contributed by atoms with Crippen LogP contribution in [0, 0.1) is 17.2 Å². The van der Waals surface area contributed by atoms with Crippen molar-refractivity contribution in [1.82, 2.24) is 0 Å². The lowest BCUT2D eigenvalue weighted by atomic mass is 10.0. The van der Waals surface area contributed by atoms with Gasteiger partial charge in [-0.1, -0.05) is 13.8 Å². The molecule has 0 aliphatic heterocycles. The molecule has 0 fully saturated rings. The standard InChI is InChI=1S/C12H14BrN3O/c1-7(2)11(12(15)17)16-9-4-3-8(6-14)10(13)5-9/h3-5,7,11,16H,1-2H3,(H2,15,17). The molecule has 0 aliphatic rings. The van der Waals surface area contributed by atoms with Crippen LogP contribution in [0.3, 0.4) is 0 Å². The number of amides is 1. The molecular weight excluding hydrogens is 282 g/mol. The van der Waals surface area contributed by atoms with Crippen molar-refractivity contribution < 1.29 is 4.79 Å². The van der Waals surface area contributed by atoms with E-state index in [0.29, 0.717) is 10.0 Å². The summed E-state index contributed by atoms with van der Waals surface area (Å²) in [5.74, 6) is -0.289. The molecule has 5 heteroatoms. The second kappa shape index (κ2) is 5.69. The fourth-order valence-electron chi connectivity index (χ4n) is 1.44. The lowest BCUT2D eigenvalue weighted by molar-refractivity contribution is -0.119. The van der Waals surface area contributed by atoms with Crippen LogP contribution in [0.4, 0.5) is 5.69 Å². The third-order valence-electron chi connectivity index (χ3n) is 2.38. The Bertz CT molecular complexity index is 465. The number of rotatable bonds is 4. The molecule has 0 saturated carbocycles. The molecule has 0 bridgehead atoms. The Kier molecular flexibility index (Phi) is 4.53. The minimum Gasteiger partial charge on any atom is -0.373 e. The molecule has 3 N–H and O–H groups in total. The molecule has 1 unspecified atom stereocenters. The summed E-state index contributed by atoms with van der Waals surface area (Å²) in [6.07, 6.45) is 0. The topological polar surface area (TPSA) is 78.9 Å². The fourth-order valence-corrected chi connectivity index (χ4v) is 1.91. The molecular formula is C12H14BrN3O. The molecule has 1 rings (SSSR count). The van der Waals surface area contributed by atoms with Crippen LogP contribution in [0.25, 0.3) is 0 Å². The normalized spacial score (nSPS) is 11.9. The van der Waals surface area contributed by atoms with Crippen molar-refractivity contribution in [3.8, 4) is 6.07 Å². The predicted molar refractivity (Wildman–Crippen MR) is 70.3 cm³/mol. The van der Waals surface area contributed by atoms with Gasteiger partial charge in [-0.3, -0.25) is 4.79 Å². The van der Waals surface area contributed by atoms with Crippen molar-refractivity contribution in [3.05, 3.63) is 28.2 Å². The van der Waals surface area contributed by atoms with E-state index in [1.807, 2.05) is 13.8 Å². The maximum atomic E-state index is 11.2. The number of carbonyl (C=O) groups excluding carboxylic acids is 1. The molecule has 4 nitrogen and oxygen atoms in total. The molecule has 90 valence electrons. The number of hydrogen-bond acceptors (Lipinski definition) is 3. The zero-order valence-electron chi connectivity index (χ0n) is 9.70. The monoisotopic (exact) mass is 295 g/mol. The van der Waals surface area contributed by atoms with Crippen LogP contribution in [0.2, 0.25) is 0 Å². The van der Waals surface area contributed by atoms with E-state index in [0.717, 1.165) is 5.69 Å². The van der Waals surface area contributed by atoms with Gasteiger partial charge in [-0.2, -0.15) is 5.26 Å². The van der Waals surface area contributed by atoms with E-state index in [9.17, 15) is 4.79 Å². The highest BCUT2D eigenvalue weighted by atomic mass is 79.9. The highest BCUT2D eigenvalue weighted by molar-refractivity contribution is 9.10. The van der Waals surface area contributed by atoms with Gasteiger partial charge in [0.15, 0.2) is 0 Å². The summed E-state index contributed by atoms with van der Waals surface area (Å²) >= 11 is 3.29. The van der Waals surface area contributed by atoms with E-state index >= 15 is 0 Å². The van der Waals surface area contributed by atoms with Crippen LogP contribution in [0.15, 0.2) is 22.7 Å². The van der Waals surface area contributed by atoms with Gasteiger partial charge in [-0.05, 0) is 40.0 Å². The number of nitriles is 1. The van der Waals surface area contributed by atoms with E-state index in [1.165, 1.54) is 0 Å². The van der Waals surface area contributed by atoms with Gasteiger partial charge in [-0.25, -0.2) is 0 Å². The second-order valence-electron chi connectivity index (χ2n) is 4.07. The Morgan fingerprint density at radius 3 is 2.59 bits per heavy atom. The van der Waals surface area contributed by atoms with Crippen LogP contribution >= 0.6 is 15.9 Å². The molecule has 1 amide bonds.